The van der Waals surface area contributed by atoms with Crippen LogP contribution in [0.4, 0.5) is 8.78 Å². The van der Waals surface area contributed by atoms with Crippen LogP contribution in [0, 0.1) is 23.2 Å². The van der Waals surface area contributed by atoms with Gasteiger partial charge in [-0.3, -0.25) is 0 Å². The lowest BCUT2D eigenvalue weighted by Gasteiger charge is -2.46. The number of benzene rings is 1. The number of sulfone groups is 1. The van der Waals surface area contributed by atoms with Crippen molar-refractivity contribution < 1.29 is 21.6 Å². The minimum atomic E-state index is -3.56. The first kappa shape index (κ1) is 33.7. The first-order chi connectivity index (χ1) is 19.6. The quantitative estimate of drug-likeness (QED) is 0.162. The smallest absolute Gasteiger partial charge is 0.251 e. The van der Waals surface area contributed by atoms with E-state index in [1.807, 2.05) is 44.2 Å². The van der Waals surface area contributed by atoms with Gasteiger partial charge in [0.15, 0.2) is 8.32 Å². The lowest BCUT2D eigenvalue weighted by Crippen LogP contribution is -2.46. The Labute approximate surface area is 257 Å². The van der Waals surface area contributed by atoms with Crippen LogP contribution in [0.2, 0.25) is 18.1 Å². The number of alkyl halides is 2. The van der Waals surface area contributed by atoms with Gasteiger partial charge in [0, 0.05) is 12.3 Å². The molecule has 0 amide bonds. The molecule has 2 aliphatic carbocycles. The molecule has 1 aromatic carbocycles. The fraction of sp³-hybridized carbons (Fsp3) is 0.727. The van der Waals surface area contributed by atoms with E-state index in [0.717, 1.165) is 60.5 Å². The Morgan fingerprint density at radius 3 is 2.45 bits per heavy atom. The van der Waals surface area contributed by atoms with E-state index in [2.05, 4.69) is 32.7 Å². The van der Waals surface area contributed by atoms with Crippen molar-refractivity contribution in [2.75, 3.05) is 5.75 Å². The number of fused-ring (bicyclic) bond motifs is 2. The lowest BCUT2D eigenvalue weighted by atomic mass is 9.60. The minimum Gasteiger partial charge on any atom is -0.412 e. The second kappa shape index (κ2) is 12.7. The molecule has 1 unspecified atom stereocenters. The number of aromatic nitrogens is 1. The van der Waals surface area contributed by atoms with E-state index in [-0.39, 0.29) is 33.8 Å². The van der Waals surface area contributed by atoms with E-state index in [9.17, 15) is 8.42 Å². The molecule has 0 N–H and O–H groups in total. The average molecular weight is 640 g/mol. The molecule has 2 fully saturated rings. The predicted molar refractivity (Wildman–Crippen MR) is 174 cm³/mol. The number of nitrogens with zero attached hydrogens (tertiary/aromatic N) is 1. The summed E-state index contributed by atoms with van der Waals surface area (Å²) >= 11 is 1.21. The highest BCUT2D eigenvalue weighted by atomic mass is 32.2. The van der Waals surface area contributed by atoms with E-state index in [1.54, 1.807) is 6.92 Å². The Kier molecular flexibility index (Phi) is 10.2. The molecule has 4 nitrogen and oxygen atoms in total. The van der Waals surface area contributed by atoms with Crippen molar-refractivity contribution in [3.05, 3.63) is 35.9 Å². The predicted octanol–water partition coefficient (Wildman–Crippen LogP) is 10.1. The van der Waals surface area contributed by atoms with Gasteiger partial charge in [-0.05, 0) is 99.9 Å². The molecule has 2 aliphatic rings. The zero-order valence-electron chi connectivity index (χ0n) is 26.6. The van der Waals surface area contributed by atoms with Crippen molar-refractivity contribution in [3.63, 3.8) is 0 Å². The molecular weight excluding hydrogens is 589 g/mol. The third kappa shape index (κ3) is 6.89. The van der Waals surface area contributed by atoms with Crippen LogP contribution in [0.5, 0.6) is 0 Å². The molecule has 4 atom stereocenters. The van der Waals surface area contributed by atoms with Crippen molar-refractivity contribution in [1.29, 1.82) is 0 Å². The summed E-state index contributed by atoms with van der Waals surface area (Å²) in [6.45, 7) is 14.4. The largest absolute Gasteiger partial charge is 0.412 e. The Morgan fingerprint density at radius 2 is 1.81 bits per heavy atom. The van der Waals surface area contributed by atoms with Crippen LogP contribution in [0.1, 0.15) is 93.4 Å². The van der Waals surface area contributed by atoms with Gasteiger partial charge < -0.3 is 4.43 Å². The maximum Gasteiger partial charge on any atom is 0.251 e. The maximum atomic E-state index is 15.9. The second-order valence-corrected chi connectivity index (χ2v) is 21.7. The van der Waals surface area contributed by atoms with Gasteiger partial charge in [0.1, 0.15) is 0 Å². The molecule has 4 rings (SSSR count). The zero-order valence-corrected chi connectivity index (χ0v) is 29.3. The second-order valence-electron chi connectivity index (χ2n) is 13.8. The van der Waals surface area contributed by atoms with Gasteiger partial charge in [-0.2, -0.15) is 0 Å². The zero-order chi connectivity index (χ0) is 31.0. The highest BCUT2D eigenvalue weighted by Crippen LogP contribution is 2.61. The van der Waals surface area contributed by atoms with Crippen LogP contribution in [0.15, 0.2) is 40.3 Å². The highest BCUT2D eigenvalue weighted by molar-refractivity contribution is 7.93. The maximum absolute atomic E-state index is 15.9. The molecular formula is C33H51F2NO3S2Si. The molecule has 236 valence electrons. The SMILES string of the molecule is CC[Si](CC)(CC)OC(C)(C)CCC(F)(F)C(C)[C@H]1CC[C@H]2/C(=C/CS(=O)(=O)c3nc4ccccc4s3)CCC[C@]12C. The van der Waals surface area contributed by atoms with Crippen LogP contribution in [0.3, 0.4) is 0 Å². The van der Waals surface area contributed by atoms with Crippen LogP contribution in [0.25, 0.3) is 10.2 Å². The van der Waals surface area contributed by atoms with Crippen LogP contribution in [-0.4, -0.2) is 39.0 Å². The van der Waals surface area contributed by atoms with Gasteiger partial charge in [-0.25, -0.2) is 22.2 Å². The number of para-hydroxylation sites is 1. The van der Waals surface area contributed by atoms with Gasteiger partial charge in [-0.1, -0.05) is 58.4 Å². The summed E-state index contributed by atoms with van der Waals surface area (Å²) in [5.74, 6) is -3.54. The topological polar surface area (TPSA) is 56.3 Å². The number of rotatable bonds is 13. The van der Waals surface area contributed by atoms with Gasteiger partial charge in [0.05, 0.1) is 21.6 Å². The highest BCUT2D eigenvalue weighted by Gasteiger charge is 2.55. The van der Waals surface area contributed by atoms with Crippen LogP contribution in [-0.2, 0) is 14.3 Å². The van der Waals surface area contributed by atoms with Crippen LogP contribution >= 0.6 is 11.3 Å². The first-order valence-corrected chi connectivity index (χ1v) is 21.0. The average Bonchev–Trinajstić information content (AvgIpc) is 3.55. The molecule has 0 aliphatic heterocycles. The van der Waals surface area contributed by atoms with Crippen molar-refractivity contribution >= 4 is 39.7 Å². The van der Waals surface area contributed by atoms with Gasteiger partial charge in [0.25, 0.3) is 5.92 Å². The summed E-state index contributed by atoms with van der Waals surface area (Å²) in [5, 5.41) is 0. The summed E-state index contributed by atoms with van der Waals surface area (Å²) in [6, 6.07) is 10.5. The lowest BCUT2D eigenvalue weighted by molar-refractivity contribution is -0.110. The van der Waals surface area contributed by atoms with Crippen LogP contribution < -0.4 is 0 Å². The van der Waals surface area contributed by atoms with Crippen molar-refractivity contribution in [1.82, 2.24) is 4.98 Å². The fourth-order valence-corrected chi connectivity index (χ4v) is 13.7. The third-order valence-corrected chi connectivity index (χ3v) is 18.8. The Hall–Kier alpha value is -1.16. The van der Waals surface area contributed by atoms with E-state index < -0.39 is 35.6 Å². The van der Waals surface area contributed by atoms with Crippen molar-refractivity contribution in [2.24, 2.45) is 23.2 Å². The number of halogens is 2. The minimum absolute atomic E-state index is 0.0850. The van der Waals surface area contributed by atoms with Crippen molar-refractivity contribution in [3.8, 4) is 0 Å². The third-order valence-electron chi connectivity index (χ3n) is 10.9. The van der Waals surface area contributed by atoms with Gasteiger partial charge in [0.2, 0.25) is 14.2 Å². The van der Waals surface area contributed by atoms with Gasteiger partial charge in [-0.15, -0.1) is 11.3 Å². The molecule has 2 aromatic rings. The number of allylic oxidation sites excluding steroid dienone is 1. The summed E-state index contributed by atoms with van der Waals surface area (Å²) < 4.78 is 66.0. The van der Waals surface area contributed by atoms with E-state index in [1.165, 1.54) is 11.3 Å². The summed E-state index contributed by atoms with van der Waals surface area (Å²) in [5.41, 5.74) is 1.04. The Bertz CT molecular complexity index is 1330. The summed E-state index contributed by atoms with van der Waals surface area (Å²) in [6.07, 6.45) is 6.35. The monoisotopic (exact) mass is 639 g/mol. The van der Waals surface area contributed by atoms with Crippen molar-refractivity contribution in [2.45, 2.75) is 127 Å². The number of thiazole rings is 1. The molecule has 0 bridgehead atoms. The Balaban J connectivity index is 1.45. The molecule has 9 heteroatoms. The number of hydrogen-bond donors (Lipinski definition) is 0. The molecule has 1 heterocycles. The molecule has 0 saturated heterocycles. The Morgan fingerprint density at radius 1 is 1.14 bits per heavy atom. The molecule has 2 saturated carbocycles. The molecule has 42 heavy (non-hydrogen) atoms. The normalized spacial score (nSPS) is 25.7. The summed E-state index contributed by atoms with van der Waals surface area (Å²) in [7, 11) is -5.46. The molecule has 0 spiro atoms. The first-order valence-electron chi connectivity index (χ1n) is 16.0. The molecule has 1 aromatic heterocycles. The van der Waals surface area contributed by atoms with Gasteiger partial charge >= 0.3 is 0 Å². The van der Waals surface area contributed by atoms with E-state index in [4.69, 9.17) is 4.43 Å². The van der Waals surface area contributed by atoms with E-state index in [0.29, 0.717) is 11.9 Å². The molecule has 0 radical (unpaired) electrons. The van der Waals surface area contributed by atoms with E-state index >= 15 is 8.78 Å². The number of hydrogen-bond acceptors (Lipinski definition) is 5. The summed E-state index contributed by atoms with van der Waals surface area (Å²) in [4.78, 5) is 4.37. The fourth-order valence-electron chi connectivity index (χ4n) is 8.01. The standard InChI is InChI=1S/C33H51F2NO3S2Si/c1-8-42(9-2,10-3)39-31(5,6)21-22-33(34,35)24(4)26-17-18-27-25(14-13-20-32(26,27)7)19-23-41(37,38)30-36-28-15-11-12-16-29(28)40-30/h11-12,15-16,19,24,26-27H,8-10,13-14,17-18,20-23H2,1-7H3/b25-19+/t24?,26-,27+,32-/m1/s1.